The Hall–Kier alpha value is -3.31. The van der Waals surface area contributed by atoms with E-state index in [1.165, 1.54) is 5.56 Å². The van der Waals surface area contributed by atoms with Gasteiger partial charge in [-0.15, -0.1) is 0 Å². The van der Waals surface area contributed by atoms with Crippen molar-refractivity contribution in [2.24, 2.45) is 0 Å². The van der Waals surface area contributed by atoms with Crippen LogP contribution in [0.3, 0.4) is 0 Å². The fraction of sp³-hybridized carbons (Fsp3) is 0.269. The highest BCUT2D eigenvalue weighted by Gasteiger charge is 2.30. The summed E-state index contributed by atoms with van der Waals surface area (Å²) in [5, 5.41) is 2.78. The first kappa shape index (κ1) is 19.6. The van der Waals surface area contributed by atoms with Gasteiger partial charge in [-0.05, 0) is 25.8 Å². The molecule has 0 saturated heterocycles. The number of esters is 1. The lowest BCUT2D eigenvalue weighted by Crippen LogP contribution is -2.34. The zero-order valence-electron chi connectivity index (χ0n) is 17.8. The van der Waals surface area contributed by atoms with Crippen molar-refractivity contribution in [3.05, 3.63) is 77.0 Å². The summed E-state index contributed by atoms with van der Waals surface area (Å²) in [6.07, 6.45) is 0.936. The van der Waals surface area contributed by atoms with Crippen LogP contribution in [0.15, 0.2) is 59.0 Å². The zero-order chi connectivity index (χ0) is 21.4. The first-order chi connectivity index (χ1) is 15.2. The molecule has 5 rings (SSSR count). The topological polar surface area (TPSA) is 51.9 Å². The molecule has 4 aromatic rings. The minimum absolute atomic E-state index is 0.320. The van der Waals surface area contributed by atoms with Gasteiger partial charge < -0.3 is 13.9 Å². The Balaban J connectivity index is 1.61. The van der Waals surface area contributed by atoms with Gasteiger partial charge in [0.1, 0.15) is 29.4 Å². The third-order valence-electron chi connectivity index (χ3n) is 5.89. The molecule has 0 spiro atoms. The third kappa shape index (κ3) is 3.45. The number of hydrogen-bond donors (Lipinski definition) is 0. The molecular formula is C26H25NO4. The van der Waals surface area contributed by atoms with Crippen molar-refractivity contribution in [2.75, 3.05) is 19.9 Å². The van der Waals surface area contributed by atoms with E-state index >= 15 is 0 Å². The second-order valence-corrected chi connectivity index (χ2v) is 7.87. The van der Waals surface area contributed by atoms with E-state index in [-0.39, 0.29) is 5.97 Å². The summed E-state index contributed by atoms with van der Waals surface area (Å²) in [5.41, 5.74) is 3.52. The van der Waals surface area contributed by atoms with Crippen molar-refractivity contribution >= 4 is 27.7 Å². The van der Waals surface area contributed by atoms with E-state index < -0.39 is 0 Å². The molecule has 0 aliphatic carbocycles. The smallest absolute Gasteiger partial charge is 0.342 e. The van der Waals surface area contributed by atoms with Crippen molar-refractivity contribution in [1.29, 1.82) is 0 Å². The number of hydrogen-bond acceptors (Lipinski definition) is 5. The monoisotopic (exact) mass is 415 g/mol. The zero-order valence-corrected chi connectivity index (χ0v) is 17.8. The number of carbonyl (C=O) groups is 1. The fourth-order valence-electron chi connectivity index (χ4n) is 4.44. The summed E-state index contributed by atoms with van der Waals surface area (Å²) in [6, 6.07) is 18.5. The van der Waals surface area contributed by atoms with Crippen molar-refractivity contribution in [2.45, 2.75) is 26.8 Å². The molecule has 0 radical (unpaired) electrons. The lowest BCUT2D eigenvalue weighted by Gasteiger charge is -2.30. The Bertz CT molecular complexity index is 1260. The Labute approximate surface area is 181 Å². The quantitative estimate of drug-likeness (QED) is 0.405. The predicted molar refractivity (Wildman–Crippen MR) is 120 cm³/mol. The molecule has 0 atom stereocenters. The summed E-state index contributed by atoms with van der Waals surface area (Å²) >= 11 is 0. The average molecular weight is 415 g/mol. The second-order valence-electron chi connectivity index (χ2n) is 7.87. The molecule has 0 N–H and O–H groups in total. The molecule has 1 aliphatic heterocycles. The lowest BCUT2D eigenvalue weighted by atomic mass is 9.96. The number of rotatable bonds is 5. The molecule has 1 aromatic heterocycles. The van der Waals surface area contributed by atoms with Crippen LogP contribution in [0, 0.1) is 6.92 Å². The third-order valence-corrected chi connectivity index (χ3v) is 5.89. The van der Waals surface area contributed by atoms with E-state index in [4.69, 9.17) is 13.9 Å². The minimum atomic E-state index is -0.349. The van der Waals surface area contributed by atoms with Crippen molar-refractivity contribution < 1.29 is 18.7 Å². The number of carbonyl (C=O) groups excluding carboxylic acids is 1. The lowest BCUT2D eigenvalue weighted by molar-refractivity contribution is 0.0526. The summed E-state index contributed by atoms with van der Waals surface area (Å²) in [4.78, 5) is 15.1. The van der Waals surface area contributed by atoms with Gasteiger partial charge >= 0.3 is 5.97 Å². The molecule has 1 aliphatic rings. The Morgan fingerprint density at radius 2 is 1.81 bits per heavy atom. The van der Waals surface area contributed by atoms with Crippen LogP contribution in [0.5, 0.6) is 5.75 Å². The Kier molecular flexibility index (Phi) is 5.12. The Morgan fingerprint density at radius 3 is 2.58 bits per heavy atom. The van der Waals surface area contributed by atoms with Gasteiger partial charge in [-0.25, -0.2) is 4.79 Å². The molecule has 2 heterocycles. The molecule has 158 valence electrons. The van der Waals surface area contributed by atoms with Gasteiger partial charge in [0.25, 0.3) is 0 Å². The highest BCUT2D eigenvalue weighted by Crippen LogP contribution is 2.44. The SMILES string of the molecule is CCOC(=O)c1c(C)oc2c1c1c(c3ccccc32)OCN(CCc2ccccc2)C1. The summed E-state index contributed by atoms with van der Waals surface area (Å²) in [7, 11) is 0. The van der Waals surface area contributed by atoms with Crippen LogP contribution in [0.4, 0.5) is 0 Å². The van der Waals surface area contributed by atoms with Gasteiger partial charge in [-0.3, -0.25) is 4.90 Å². The van der Waals surface area contributed by atoms with Gasteiger partial charge in [0.2, 0.25) is 0 Å². The summed E-state index contributed by atoms with van der Waals surface area (Å²) < 4.78 is 17.8. The van der Waals surface area contributed by atoms with Crippen LogP contribution in [0.1, 0.15) is 34.2 Å². The van der Waals surface area contributed by atoms with Crippen LogP contribution in [0.25, 0.3) is 21.7 Å². The van der Waals surface area contributed by atoms with Gasteiger partial charge in [0, 0.05) is 34.8 Å². The first-order valence-corrected chi connectivity index (χ1v) is 10.7. The van der Waals surface area contributed by atoms with Crippen molar-refractivity contribution in [3.63, 3.8) is 0 Å². The molecule has 3 aromatic carbocycles. The molecule has 5 nitrogen and oxygen atoms in total. The van der Waals surface area contributed by atoms with Crippen LogP contribution in [-0.4, -0.2) is 30.8 Å². The highest BCUT2D eigenvalue weighted by atomic mass is 16.5. The minimum Gasteiger partial charge on any atom is -0.477 e. The molecular weight excluding hydrogens is 390 g/mol. The van der Waals surface area contributed by atoms with Gasteiger partial charge in [0.15, 0.2) is 0 Å². The fourth-order valence-corrected chi connectivity index (χ4v) is 4.44. The first-order valence-electron chi connectivity index (χ1n) is 10.7. The number of ether oxygens (including phenoxy) is 2. The molecule has 31 heavy (non-hydrogen) atoms. The molecule has 0 saturated carbocycles. The molecule has 0 unspecified atom stereocenters. The van der Waals surface area contributed by atoms with E-state index in [9.17, 15) is 4.79 Å². The van der Waals surface area contributed by atoms with E-state index in [2.05, 4.69) is 35.2 Å². The van der Waals surface area contributed by atoms with Gasteiger partial charge in [0.05, 0.1) is 6.61 Å². The predicted octanol–water partition coefficient (Wildman–Crippen LogP) is 5.47. The number of furan rings is 1. The molecule has 5 heteroatoms. The number of benzene rings is 3. The molecule has 0 fully saturated rings. The summed E-state index contributed by atoms with van der Waals surface area (Å²) in [5.74, 6) is 1.07. The number of fused-ring (bicyclic) bond motifs is 6. The van der Waals surface area contributed by atoms with Crippen molar-refractivity contribution in [3.8, 4) is 5.75 Å². The van der Waals surface area contributed by atoms with E-state index in [1.54, 1.807) is 0 Å². The van der Waals surface area contributed by atoms with Crippen LogP contribution in [-0.2, 0) is 17.7 Å². The summed E-state index contributed by atoms with van der Waals surface area (Å²) in [6.45, 7) is 6.03. The number of aryl methyl sites for hydroxylation is 1. The Morgan fingerprint density at radius 1 is 1.06 bits per heavy atom. The van der Waals surface area contributed by atoms with E-state index in [1.807, 2.05) is 38.1 Å². The van der Waals surface area contributed by atoms with Crippen LogP contribution < -0.4 is 4.74 Å². The highest BCUT2D eigenvalue weighted by molar-refractivity contribution is 6.16. The van der Waals surface area contributed by atoms with Crippen LogP contribution >= 0.6 is 0 Å². The normalized spacial score (nSPS) is 13.9. The van der Waals surface area contributed by atoms with E-state index in [0.717, 1.165) is 46.0 Å². The standard InChI is InChI=1S/C26H25NO4/c1-3-29-26(28)22-17(2)31-25-20-12-8-7-11-19(20)24-21(23(22)25)15-27(16-30-24)14-13-18-9-5-4-6-10-18/h4-12H,3,13-16H2,1-2H3. The largest absolute Gasteiger partial charge is 0.477 e. The van der Waals surface area contributed by atoms with Crippen LogP contribution in [0.2, 0.25) is 0 Å². The average Bonchev–Trinajstić information content (AvgIpc) is 3.16. The maximum Gasteiger partial charge on any atom is 0.342 e. The van der Waals surface area contributed by atoms with E-state index in [0.29, 0.717) is 31.2 Å². The van der Waals surface area contributed by atoms with Gasteiger partial charge in [-0.1, -0.05) is 54.6 Å². The maximum absolute atomic E-state index is 12.8. The maximum atomic E-state index is 12.8. The van der Waals surface area contributed by atoms with Crippen molar-refractivity contribution in [1.82, 2.24) is 4.90 Å². The number of nitrogens with zero attached hydrogens (tertiary/aromatic N) is 1. The second kappa shape index (κ2) is 8.08. The molecule has 0 bridgehead atoms. The molecule has 0 amide bonds. The van der Waals surface area contributed by atoms with Gasteiger partial charge in [-0.2, -0.15) is 0 Å².